The quantitative estimate of drug-likeness (QED) is 0.250. The van der Waals surface area contributed by atoms with Gasteiger partial charge in [0.2, 0.25) is 0 Å². The molecular weight excluding hydrogens is 490 g/mol. The Kier molecular flexibility index (Phi) is 5.83. The average molecular weight is 507 g/mol. The Morgan fingerprint density at radius 2 is 1.69 bits per heavy atom. The van der Waals surface area contributed by atoms with Crippen LogP contribution in [0.3, 0.4) is 0 Å². The van der Waals surface area contributed by atoms with Crippen LogP contribution < -0.4 is 18.9 Å². The number of alkyl halides is 4. The molecule has 182 valence electrons. The number of nitrogens with one attached hydrogen (secondary N) is 1. The number of aromatic amines is 1. The van der Waals surface area contributed by atoms with Crippen molar-refractivity contribution >= 4 is 22.8 Å². The van der Waals surface area contributed by atoms with Gasteiger partial charge in [-0.15, -0.1) is 0 Å². The Balaban J connectivity index is 1.31. The zero-order chi connectivity index (χ0) is 24.6. The van der Waals surface area contributed by atoms with Gasteiger partial charge in [0, 0.05) is 24.0 Å². The summed E-state index contributed by atoms with van der Waals surface area (Å²) in [5, 5.41) is 0.422. The third-order valence-corrected chi connectivity index (χ3v) is 5.95. The van der Waals surface area contributed by atoms with Crippen molar-refractivity contribution in [3.05, 3.63) is 66.0 Å². The van der Waals surface area contributed by atoms with Crippen LogP contribution in [0.2, 0.25) is 0 Å². The number of rotatable bonds is 7. The standard InChI is InChI=1S/C23H17F4N3O4S/c1-31-20-10-28-14(7-17(20)32-11-13-5-3-2-4-6-13)12-35-21-29-15-8-18-19(9-16(15)30-21)34-23(26,27)22(24,25)33-18/h2-10H,11-12H2,1H3,(H,29,30). The summed E-state index contributed by atoms with van der Waals surface area (Å²) in [6.07, 6.45) is -8.02. The van der Waals surface area contributed by atoms with Crippen LogP contribution in [0.15, 0.2) is 59.9 Å². The molecule has 35 heavy (non-hydrogen) atoms. The number of benzene rings is 2. The van der Waals surface area contributed by atoms with Gasteiger partial charge in [0.05, 0.1) is 30.0 Å². The molecule has 0 saturated heterocycles. The van der Waals surface area contributed by atoms with Crippen LogP contribution in [0.25, 0.3) is 11.0 Å². The van der Waals surface area contributed by atoms with Crippen LogP contribution in [-0.2, 0) is 12.4 Å². The first-order valence-electron chi connectivity index (χ1n) is 10.2. The topological polar surface area (TPSA) is 78.5 Å². The lowest BCUT2D eigenvalue weighted by Gasteiger charge is -2.31. The summed E-state index contributed by atoms with van der Waals surface area (Å²) in [5.74, 6) is 0.362. The molecule has 0 saturated carbocycles. The number of fused-ring (bicyclic) bond motifs is 2. The predicted octanol–water partition coefficient (Wildman–Crippen LogP) is 5.79. The van der Waals surface area contributed by atoms with Crippen molar-refractivity contribution in [2.45, 2.75) is 29.7 Å². The van der Waals surface area contributed by atoms with Gasteiger partial charge in [0.1, 0.15) is 6.61 Å². The van der Waals surface area contributed by atoms with Crippen LogP contribution in [0.1, 0.15) is 11.3 Å². The summed E-state index contributed by atoms with van der Waals surface area (Å²) >= 11 is 1.27. The van der Waals surface area contributed by atoms with Crippen molar-refractivity contribution in [1.29, 1.82) is 0 Å². The number of halogens is 4. The second-order valence-electron chi connectivity index (χ2n) is 7.49. The number of aromatic nitrogens is 3. The third kappa shape index (κ3) is 4.65. The van der Waals surface area contributed by atoms with E-state index in [9.17, 15) is 17.6 Å². The van der Waals surface area contributed by atoms with E-state index in [4.69, 9.17) is 9.47 Å². The Hall–Kier alpha value is -3.67. The van der Waals surface area contributed by atoms with Crippen LogP contribution in [0, 0.1) is 0 Å². The van der Waals surface area contributed by atoms with Gasteiger partial charge >= 0.3 is 12.2 Å². The molecule has 3 heterocycles. The second kappa shape index (κ2) is 8.84. The summed E-state index contributed by atoms with van der Waals surface area (Å²) in [6, 6.07) is 13.7. The van der Waals surface area contributed by atoms with Gasteiger partial charge in [-0.05, 0) is 5.56 Å². The Bertz CT molecular complexity index is 1310. The van der Waals surface area contributed by atoms with Gasteiger partial charge in [-0.1, -0.05) is 42.1 Å². The Labute approximate surface area is 200 Å². The van der Waals surface area contributed by atoms with Crippen LogP contribution in [0.5, 0.6) is 23.0 Å². The van der Waals surface area contributed by atoms with E-state index >= 15 is 0 Å². The maximum atomic E-state index is 13.5. The fourth-order valence-electron chi connectivity index (χ4n) is 3.30. The van der Waals surface area contributed by atoms with E-state index in [0.29, 0.717) is 40.2 Å². The molecule has 1 aliphatic rings. The second-order valence-corrected chi connectivity index (χ2v) is 8.45. The molecule has 1 N–H and O–H groups in total. The van der Waals surface area contributed by atoms with Gasteiger partial charge in [-0.2, -0.15) is 17.6 Å². The highest BCUT2D eigenvalue weighted by Gasteiger charge is 2.66. The minimum atomic E-state index is -4.79. The number of ether oxygens (including phenoxy) is 4. The molecule has 0 amide bonds. The number of pyridine rings is 1. The van der Waals surface area contributed by atoms with Crippen molar-refractivity contribution in [1.82, 2.24) is 15.0 Å². The number of hydrogen-bond acceptors (Lipinski definition) is 7. The summed E-state index contributed by atoms with van der Waals surface area (Å²) in [6.45, 7) is 0.351. The Morgan fingerprint density at radius 1 is 0.971 bits per heavy atom. The van der Waals surface area contributed by atoms with E-state index in [1.165, 1.54) is 18.9 Å². The number of nitrogens with zero attached hydrogens (tertiary/aromatic N) is 2. The fraction of sp³-hybridized carbons (Fsp3) is 0.217. The van der Waals surface area contributed by atoms with E-state index in [1.807, 2.05) is 30.3 Å². The van der Waals surface area contributed by atoms with Gasteiger partial charge in [0.15, 0.2) is 28.2 Å². The monoisotopic (exact) mass is 507 g/mol. The third-order valence-electron chi connectivity index (χ3n) is 5.04. The molecule has 7 nitrogen and oxygen atoms in total. The number of methoxy groups -OCH3 is 1. The summed E-state index contributed by atoms with van der Waals surface area (Å²) in [7, 11) is 1.52. The van der Waals surface area contributed by atoms with Gasteiger partial charge in [-0.25, -0.2) is 4.98 Å². The van der Waals surface area contributed by atoms with Crippen molar-refractivity contribution in [3.8, 4) is 23.0 Å². The summed E-state index contributed by atoms with van der Waals surface area (Å²) in [4.78, 5) is 11.6. The molecule has 12 heteroatoms. The summed E-state index contributed by atoms with van der Waals surface area (Å²) < 4.78 is 73.4. The lowest BCUT2D eigenvalue weighted by Crippen LogP contribution is -2.52. The molecule has 0 fully saturated rings. The lowest BCUT2D eigenvalue weighted by atomic mass is 10.2. The highest BCUT2D eigenvalue weighted by molar-refractivity contribution is 7.98. The smallest absolute Gasteiger partial charge is 0.491 e. The highest BCUT2D eigenvalue weighted by Crippen LogP contribution is 2.48. The minimum absolute atomic E-state index is 0.255. The van der Waals surface area contributed by atoms with E-state index < -0.39 is 23.7 Å². The van der Waals surface area contributed by atoms with E-state index in [-0.39, 0.29) is 5.52 Å². The van der Waals surface area contributed by atoms with Crippen molar-refractivity contribution in [2.24, 2.45) is 0 Å². The Morgan fingerprint density at radius 3 is 2.40 bits per heavy atom. The van der Waals surface area contributed by atoms with E-state index in [1.54, 1.807) is 12.3 Å². The van der Waals surface area contributed by atoms with E-state index in [2.05, 4.69) is 24.4 Å². The molecular formula is C23H17F4N3O4S. The zero-order valence-corrected chi connectivity index (χ0v) is 18.9. The van der Waals surface area contributed by atoms with Gasteiger partial charge < -0.3 is 23.9 Å². The fourth-order valence-corrected chi connectivity index (χ4v) is 4.09. The maximum Gasteiger partial charge on any atom is 0.507 e. The number of hydrogen-bond donors (Lipinski definition) is 1. The van der Waals surface area contributed by atoms with Crippen LogP contribution in [0.4, 0.5) is 17.6 Å². The lowest BCUT2D eigenvalue weighted by molar-refractivity contribution is -0.391. The first kappa shape index (κ1) is 23.1. The molecule has 4 aromatic rings. The number of imidazole rings is 1. The van der Waals surface area contributed by atoms with Crippen LogP contribution >= 0.6 is 11.8 Å². The largest absolute Gasteiger partial charge is 0.507 e. The molecule has 0 unspecified atom stereocenters. The first-order chi connectivity index (χ1) is 16.7. The summed E-state index contributed by atoms with van der Waals surface area (Å²) in [5.41, 5.74) is 2.25. The SMILES string of the molecule is COc1cnc(CSc2nc3cc4c(cc3[nH]2)OC(F)(F)C(F)(F)O4)cc1OCc1ccccc1. The molecule has 0 atom stereocenters. The normalized spacial score (nSPS) is 15.7. The molecule has 5 rings (SSSR count). The number of thioether (sulfide) groups is 1. The zero-order valence-electron chi connectivity index (χ0n) is 18.1. The maximum absolute atomic E-state index is 13.5. The number of H-pyrrole nitrogens is 1. The molecule has 0 bridgehead atoms. The van der Waals surface area contributed by atoms with E-state index in [0.717, 1.165) is 17.7 Å². The molecule has 0 radical (unpaired) electrons. The molecule has 1 aliphatic heterocycles. The van der Waals surface area contributed by atoms with Crippen LogP contribution in [-0.4, -0.2) is 34.3 Å². The molecule has 2 aromatic carbocycles. The first-order valence-corrected chi connectivity index (χ1v) is 11.2. The molecule has 2 aromatic heterocycles. The van der Waals surface area contributed by atoms with Crippen molar-refractivity contribution in [2.75, 3.05) is 7.11 Å². The van der Waals surface area contributed by atoms with Crippen molar-refractivity contribution in [3.63, 3.8) is 0 Å². The highest BCUT2D eigenvalue weighted by atomic mass is 32.2. The van der Waals surface area contributed by atoms with Gasteiger partial charge in [0.25, 0.3) is 0 Å². The average Bonchev–Trinajstić information content (AvgIpc) is 3.22. The molecule has 0 aliphatic carbocycles. The predicted molar refractivity (Wildman–Crippen MR) is 118 cm³/mol. The van der Waals surface area contributed by atoms with Crippen molar-refractivity contribution < 1.29 is 36.5 Å². The minimum Gasteiger partial charge on any atom is -0.491 e. The molecule has 0 spiro atoms. The van der Waals surface area contributed by atoms with Gasteiger partial charge in [-0.3, -0.25) is 4.98 Å².